The average Bonchev–Trinajstić information content (AvgIpc) is 3.44. The highest BCUT2D eigenvalue weighted by atomic mass is 15.5. The molecule has 3 heterocycles. The smallest absolute Gasteiger partial charge is 0.241 e. The maximum absolute atomic E-state index is 5.08. The second kappa shape index (κ2) is 7.49. The van der Waals surface area contributed by atoms with Gasteiger partial charge in [0.25, 0.3) is 0 Å². The number of aliphatic imine (C=N–C) groups is 1. The fraction of sp³-hybridized carbons (Fsp3) is 0.0714. The molecule has 0 N–H and O–H groups in total. The molecule has 2 aliphatic heterocycles. The van der Waals surface area contributed by atoms with Crippen LogP contribution in [0.15, 0.2) is 114 Å². The van der Waals surface area contributed by atoms with Crippen LogP contribution in [0.4, 0.5) is 17.3 Å². The maximum Gasteiger partial charge on any atom is 0.241 e. The Bertz CT molecular complexity index is 1420. The van der Waals surface area contributed by atoms with Gasteiger partial charge in [0.2, 0.25) is 11.9 Å². The standard InChI is InChI=1S/C28H20N6/c1-3-11-19(12-4-1)25-30-26(20-13-5-2-6-14-20)32-27(31-25)34-24-18-10-9-17-23(24)33-22-16-8-7-15-21(22)29-28(33)34/h1-18,21-22H. The minimum absolute atomic E-state index is 0.0693. The lowest BCUT2D eigenvalue weighted by molar-refractivity contribution is 0.741. The summed E-state index contributed by atoms with van der Waals surface area (Å²) in [6.07, 6.45) is 8.51. The third kappa shape index (κ3) is 2.89. The van der Waals surface area contributed by atoms with Crippen molar-refractivity contribution in [2.24, 2.45) is 4.99 Å². The molecule has 3 aromatic carbocycles. The first-order chi connectivity index (χ1) is 16.9. The van der Waals surface area contributed by atoms with Crippen molar-refractivity contribution in [2.75, 3.05) is 9.80 Å². The van der Waals surface area contributed by atoms with Gasteiger partial charge in [0.15, 0.2) is 11.6 Å². The molecule has 6 heteroatoms. The molecule has 0 saturated carbocycles. The van der Waals surface area contributed by atoms with E-state index >= 15 is 0 Å². The summed E-state index contributed by atoms with van der Waals surface area (Å²) in [6, 6.07) is 28.6. The van der Waals surface area contributed by atoms with E-state index in [-0.39, 0.29) is 12.1 Å². The molecule has 4 aromatic rings. The van der Waals surface area contributed by atoms with Crippen molar-refractivity contribution >= 4 is 23.3 Å². The SMILES string of the molecule is C1=CC2N=C3N(c4nc(-c5ccccc5)nc(-c5ccccc5)n4)c4ccccc4N3C2C=C1. The first kappa shape index (κ1) is 18.9. The minimum atomic E-state index is 0.0693. The first-order valence-electron chi connectivity index (χ1n) is 11.3. The van der Waals surface area contributed by atoms with E-state index in [1.165, 1.54) is 0 Å². The van der Waals surface area contributed by atoms with E-state index in [4.69, 9.17) is 19.9 Å². The lowest BCUT2D eigenvalue weighted by Gasteiger charge is -2.24. The molecule has 0 bridgehead atoms. The number of hydrogen-bond acceptors (Lipinski definition) is 6. The number of nitrogens with zero attached hydrogens (tertiary/aromatic N) is 6. The van der Waals surface area contributed by atoms with Crippen LogP contribution in [0.1, 0.15) is 0 Å². The van der Waals surface area contributed by atoms with Crippen LogP contribution in [-0.2, 0) is 0 Å². The molecular weight excluding hydrogens is 420 g/mol. The molecule has 2 atom stereocenters. The van der Waals surface area contributed by atoms with Crippen molar-refractivity contribution in [2.45, 2.75) is 12.1 Å². The summed E-state index contributed by atoms with van der Waals surface area (Å²) in [5.74, 6) is 2.68. The molecule has 1 aromatic heterocycles. The molecular formula is C28H20N6. The molecule has 0 radical (unpaired) electrons. The van der Waals surface area contributed by atoms with Crippen molar-refractivity contribution in [3.8, 4) is 22.8 Å². The van der Waals surface area contributed by atoms with Gasteiger partial charge in [-0.2, -0.15) is 9.97 Å². The zero-order valence-electron chi connectivity index (χ0n) is 18.2. The van der Waals surface area contributed by atoms with Crippen LogP contribution in [0.5, 0.6) is 0 Å². The number of fused-ring (bicyclic) bond motifs is 5. The number of allylic oxidation sites excluding steroid dienone is 2. The van der Waals surface area contributed by atoms with E-state index in [9.17, 15) is 0 Å². The fourth-order valence-electron chi connectivity index (χ4n) is 4.76. The van der Waals surface area contributed by atoms with E-state index in [1.807, 2.05) is 66.7 Å². The third-order valence-corrected chi connectivity index (χ3v) is 6.33. The van der Waals surface area contributed by atoms with Gasteiger partial charge < -0.3 is 4.90 Å². The molecule has 7 rings (SSSR count). The van der Waals surface area contributed by atoms with Gasteiger partial charge in [-0.05, 0) is 12.1 Å². The Balaban J connectivity index is 1.44. The van der Waals surface area contributed by atoms with E-state index < -0.39 is 0 Å². The highest BCUT2D eigenvalue weighted by Gasteiger charge is 2.45. The predicted octanol–water partition coefficient (Wildman–Crippen LogP) is 5.40. The van der Waals surface area contributed by atoms with Crippen LogP contribution in [0.25, 0.3) is 22.8 Å². The molecule has 2 unspecified atom stereocenters. The Morgan fingerprint density at radius 3 is 1.85 bits per heavy atom. The number of para-hydroxylation sites is 2. The molecule has 0 saturated heterocycles. The molecule has 0 fully saturated rings. The summed E-state index contributed by atoms with van der Waals surface area (Å²) in [6.45, 7) is 0. The molecule has 34 heavy (non-hydrogen) atoms. The van der Waals surface area contributed by atoms with Gasteiger partial charge in [-0.15, -0.1) is 0 Å². The second-order valence-corrected chi connectivity index (χ2v) is 8.39. The molecule has 1 aliphatic carbocycles. The van der Waals surface area contributed by atoms with Crippen molar-refractivity contribution in [3.63, 3.8) is 0 Å². The van der Waals surface area contributed by atoms with Crippen LogP contribution < -0.4 is 9.80 Å². The van der Waals surface area contributed by atoms with Crippen LogP contribution in [0.2, 0.25) is 0 Å². The summed E-state index contributed by atoms with van der Waals surface area (Å²) < 4.78 is 0. The van der Waals surface area contributed by atoms with Crippen molar-refractivity contribution in [1.82, 2.24) is 15.0 Å². The average molecular weight is 441 g/mol. The Hall–Kier alpha value is -4.58. The lowest BCUT2D eigenvalue weighted by Crippen LogP contribution is -2.40. The molecule has 0 amide bonds. The summed E-state index contributed by atoms with van der Waals surface area (Å²) in [7, 11) is 0. The molecule has 0 spiro atoms. The number of hydrogen-bond donors (Lipinski definition) is 0. The number of guanidine groups is 1. The van der Waals surface area contributed by atoms with Crippen LogP contribution in [0.3, 0.4) is 0 Å². The van der Waals surface area contributed by atoms with Crippen molar-refractivity contribution in [1.29, 1.82) is 0 Å². The monoisotopic (exact) mass is 440 g/mol. The van der Waals surface area contributed by atoms with E-state index in [1.54, 1.807) is 0 Å². The Labute approximate surface area is 197 Å². The van der Waals surface area contributed by atoms with E-state index in [0.29, 0.717) is 17.6 Å². The van der Waals surface area contributed by atoms with Gasteiger partial charge in [0.05, 0.1) is 23.5 Å². The lowest BCUT2D eigenvalue weighted by atomic mass is 10.0. The van der Waals surface area contributed by atoms with E-state index in [2.05, 4.69) is 52.3 Å². The number of anilines is 3. The highest BCUT2D eigenvalue weighted by molar-refractivity contribution is 6.21. The summed E-state index contributed by atoms with van der Waals surface area (Å²) >= 11 is 0. The largest absolute Gasteiger partial charge is 0.300 e. The Morgan fingerprint density at radius 2 is 1.18 bits per heavy atom. The summed E-state index contributed by atoms with van der Waals surface area (Å²) in [5.41, 5.74) is 4.02. The van der Waals surface area contributed by atoms with Crippen LogP contribution in [-0.4, -0.2) is 33.0 Å². The molecule has 162 valence electrons. The number of benzene rings is 3. The quantitative estimate of drug-likeness (QED) is 0.427. The number of rotatable bonds is 3. The van der Waals surface area contributed by atoms with Crippen molar-refractivity contribution in [3.05, 3.63) is 109 Å². The molecule has 6 nitrogen and oxygen atoms in total. The minimum Gasteiger partial charge on any atom is -0.300 e. The zero-order valence-corrected chi connectivity index (χ0v) is 18.2. The van der Waals surface area contributed by atoms with E-state index in [0.717, 1.165) is 28.5 Å². The zero-order chi connectivity index (χ0) is 22.5. The van der Waals surface area contributed by atoms with Crippen LogP contribution in [0, 0.1) is 0 Å². The highest BCUT2D eigenvalue weighted by Crippen LogP contribution is 2.46. The van der Waals surface area contributed by atoms with Crippen LogP contribution >= 0.6 is 0 Å². The number of aromatic nitrogens is 3. The fourth-order valence-corrected chi connectivity index (χ4v) is 4.76. The van der Waals surface area contributed by atoms with Gasteiger partial charge >= 0.3 is 0 Å². The van der Waals surface area contributed by atoms with Gasteiger partial charge in [0, 0.05) is 11.1 Å². The summed E-state index contributed by atoms with van der Waals surface area (Å²) in [5, 5.41) is 0. The predicted molar refractivity (Wildman–Crippen MR) is 135 cm³/mol. The van der Waals surface area contributed by atoms with Gasteiger partial charge in [-0.3, -0.25) is 0 Å². The maximum atomic E-state index is 5.08. The van der Waals surface area contributed by atoms with Gasteiger partial charge in [-0.25, -0.2) is 14.9 Å². The third-order valence-electron chi connectivity index (χ3n) is 6.33. The van der Waals surface area contributed by atoms with Crippen molar-refractivity contribution < 1.29 is 0 Å². The van der Waals surface area contributed by atoms with Gasteiger partial charge in [-0.1, -0.05) is 97.1 Å². The molecule has 3 aliphatic rings. The summed E-state index contributed by atoms with van der Waals surface area (Å²) in [4.78, 5) is 24.2. The first-order valence-corrected chi connectivity index (χ1v) is 11.3. The second-order valence-electron chi connectivity index (χ2n) is 8.39. The topological polar surface area (TPSA) is 57.5 Å². The normalized spacial score (nSPS) is 19.6. The Kier molecular flexibility index (Phi) is 4.17. The Morgan fingerprint density at radius 1 is 0.588 bits per heavy atom. The van der Waals surface area contributed by atoms with Gasteiger partial charge in [0.1, 0.15) is 0 Å².